The Balaban J connectivity index is 1.35. The number of amides is 2. The molecular formula is C22H36N4O2S. The van der Waals surface area contributed by atoms with Gasteiger partial charge in [0, 0.05) is 32.7 Å². The van der Waals surface area contributed by atoms with Gasteiger partial charge in [0.15, 0.2) is 0 Å². The zero-order valence-electron chi connectivity index (χ0n) is 18.0. The number of carbonyl (C=O) groups is 2. The predicted molar refractivity (Wildman–Crippen MR) is 118 cm³/mol. The number of carbonyl (C=O) groups excluding carboxylic acids is 2. The summed E-state index contributed by atoms with van der Waals surface area (Å²) in [6.45, 7) is 9.75. The number of piperidine rings is 1. The van der Waals surface area contributed by atoms with Crippen LogP contribution in [0.15, 0.2) is 17.5 Å². The van der Waals surface area contributed by atoms with Gasteiger partial charge in [-0.15, -0.1) is 11.3 Å². The summed E-state index contributed by atoms with van der Waals surface area (Å²) in [5.74, 6) is 1.07. The summed E-state index contributed by atoms with van der Waals surface area (Å²) in [5, 5.41) is 1.93. The summed E-state index contributed by atoms with van der Waals surface area (Å²) in [5.41, 5.74) is 0. The zero-order valence-corrected chi connectivity index (χ0v) is 18.8. The third-order valence-corrected chi connectivity index (χ3v) is 7.04. The van der Waals surface area contributed by atoms with Gasteiger partial charge in [0.25, 0.3) is 5.91 Å². The Labute approximate surface area is 179 Å². The van der Waals surface area contributed by atoms with Gasteiger partial charge < -0.3 is 14.7 Å². The van der Waals surface area contributed by atoms with Gasteiger partial charge >= 0.3 is 0 Å². The van der Waals surface area contributed by atoms with Crippen LogP contribution in [-0.4, -0.2) is 97.4 Å². The minimum absolute atomic E-state index is 0.0954. The van der Waals surface area contributed by atoms with Gasteiger partial charge in [-0.3, -0.25) is 14.5 Å². The molecule has 1 aromatic rings. The fourth-order valence-corrected chi connectivity index (χ4v) is 4.98. The molecule has 2 saturated heterocycles. The molecule has 3 rings (SSSR count). The van der Waals surface area contributed by atoms with Crippen LogP contribution in [0.25, 0.3) is 0 Å². The second-order valence-corrected chi connectivity index (χ2v) is 9.43. The minimum atomic E-state index is 0.0954. The van der Waals surface area contributed by atoms with Crippen molar-refractivity contribution in [1.29, 1.82) is 0 Å². The number of thiophene rings is 1. The van der Waals surface area contributed by atoms with E-state index in [-0.39, 0.29) is 11.8 Å². The van der Waals surface area contributed by atoms with Crippen molar-refractivity contribution in [2.24, 2.45) is 5.92 Å². The largest absolute Gasteiger partial charge is 0.338 e. The Hall–Kier alpha value is -1.44. The predicted octanol–water partition coefficient (Wildman–Crippen LogP) is 2.48. The molecule has 0 spiro atoms. The van der Waals surface area contributed by atoms with Crippen LogP contribution in [0.3, 0.4) is 0 Å². The van der Waals surface area contributed by atoms with Crippen LogP contribution in [-0.2, 0) is 4.79 Å². The Kier molecular flexibility index (Phi) is 8.51. The maximum Gasteiger partial charge on any atom is 0.264 e. The second kappa shape index (κ2) is 11.1. The quantitative estimate of drug-likeness (QED) is 0.648. The molecule has 2 fully saturated rings. The van der Waals surface area contributed by atoms with Gasteiger partial charge in [-0.05, 0) is 63.3 Å². The molecule has 7 heteroatoms. The molecule has 162 valence electrons. The van der Waals surface area contributed by atoms with Gasteiger partial charge in [-0.25, -0.2) is 0 Å². The van der Waals surface area contributed by atoms with E-state index in [9.17, 15) is 9.59 Å². The van der Waals surface area contributed by atoms with Crippen molar-refractivity contribution in [2.45, 2.75) is 32.6 Å². The highest BCUT2D eigenvalue weighted by Gasteiger charge is 2.27. The Morgan fingerprint density at radius 2 is 1.79 bits per heavy atom. The molecule has 29 heavy (non-hydrogen) atoms. The summed E-state index contributed by atoms with van der Waals surface area (Å²) < 4.78 is 0. The molecule has 0 bridgehead atoms. The molecular weight excluding hydrogens is 384 g/mol. The van der Waals surface area contributed by atoms with Gasteiger partial charge in [0.05, 0.1) is 11.4 Å². The highest BCUT2D eigenvalue weighted by molar-refractivity contribution is 7.12. The summed E-state index contributed by atoms with van der Waals surface area (Å²) >= 11 is 1.48. The van der Waals surface area contributed by atoms with Crippen LogP contribution in [0.2, 0.25) is 0 Å². The van der Waals surface area contributed by atoms with Crippen LogP contribution in [0.4, 0.5) is 0 Å². The van der Waals surface area contributed by atoms with E-state index in [1.165, 1.54) is 50.1 Å². The SMILES string of the molecule is CCCCN(C)CC1CCN(CC(=O)N2CCN(C(=O)c3cccs3)CC2)CC1. The normalized spacial score (nSPS) is 19.1. The lowest BCUT2D eigenvalue weighted by molar-refractivity contribution is -0.134. The summed E-state index contributed by atoms with van der Waals surface area (Å²) in [7, 11) is 2.23. The standard InChI is InChI=1S/C22H36N4O2S/c1-3-4-9-23(2)17-19-7-10-24(11-8-19)18-21(27)25-12-14-26(15-13-25)22(28)20-6-5-16-29-20/h5-6,16,19H,3-4,7-15,17-18H2,1-2H3. The summed E-state index contributed by atoms with van der Waals surface area (Å²) in [6.07, 6.45) is 4.90. The molecule has 2 amide bonds. The van der Waals surface area contributed by atoms with E-state index < -0.39 is 0 Å². The van der Waals surface area contributed by atoms with Crippen LogP contribution in [0.1, 0.15) is 42.3 Å². The highest BCUT2D eigenvalue weighted by Crippen LogP contribution is 2.19. The van der Waals surface area contributed by atoms with Crippen LogP contribution < -0.4 is 0 Å². The molecule has 3 heterocycles. The van der Waals surface area contributed by atoms with E-state index in [1.54, 1.807) is 0 Å². The zero-order chi connectivity index (χ0) is 20.6. The van der Waals surface area contributed by atoms with E-state index in [4.69, 9.17) is 0 Å². The first-order chi connectivity index (χ1) is 14.1. The lowest BCUT2D eigenvalue weighted by Gasteiger charge is -2.37. The molecule has 6 nitrogen and oxygen atoms in total. The lowest BCUT2D eigenvalue weighted by Crippen LogP contribution is -2.53. The molecule has 0 aromatic carbocycles. The summed E-state index contributed by atoms with van der Waals surface area (Å²) in [6, 6.07) is 3.78. The maximum atomic E-state index is 12.7. The van der Waals surface area contributed by atoms with Crippen LogP contribution >= 0.6 is 11.3 Å². The van der Waals surface area contributed by atoms with Gasteiger partial charge in [-0.2, -0.15) is 0 Å². The van der Waals surface area contributed by atoms with Crippen molar-refractivity contribution in [3.8, 4) is 0 Å². The van der Waals surface area contributed by atoms with E-state index in [0.29, 0.717) is 32.7 Å². The Bertz CT molecular complexity index is 635. The van der Waals surface area contributed by atoms with Gasteiger partial charge in [0.2, 0.25) is 5.91 Å². The maximum absolute atomic E-state index is 12.7. The Morgan fingerprint density at radius 3 is 2.41 bits per heavy atom. The number of piperazine rings is 1. The van der Waals surface area contributed by atoms with Gasteiger partial charge in [-0.1, -0.05) is 19.4 Å². The third kappa shape index (κ3) is 6.52. The topological polar surface area (TPSA) is 47.1 Å². The van der Waals surface area contributed by atoms with Crippen molar-refractivity contribution in [3.63, 3.8) is 0 Å². The first-order valence-electron chi connectivity index (χ1n) is 11.1. The molecule has 0 unspecified atom stereocenters. The third-order valence-electron chi connectivity index (χ3n) is 6.18. The molecule has 0 saturated carbocycles. The van der Waals surface area contributed by atoms with E-state index >= 15 is 0 Å². The van der Waals surface area contributed by atoms with Crippen molar-refractivity contribution in [2.75, 3.05) is 66.0 Å². The van der Waals surface area contributed by atoms with Gasteiger partial charge in [0.1, 0.15) is 0 Å². The first-order valence-corrected chi connectivity index (χ1v) is 12.0. The smallest absolute Gasteiger partial charge is 0.264 e. The fraction of sp³-hybridized carbons (Fsp3) is 0.727. The number of likely N-dealkylation sites (tertiary alicyclic amines) is 1. The number of hydrogen-bond donors (Lipinski definition) is 0. The highest BCUT2D eigenvalue weighted by atomic mass is 32.1. The molecule has 1 aromatic heterocycles. The average molecular weight is 421 g/mol. The molecule has 0 aliphatic carbocycles. The monoisotopic (exact) mass is 420 g/mol. The molecule has 2 aliphatic rings. The van der Waals surface area contributed by atoms with E-state index in [0.717, 1.165) is 23.9 Å². The average Bonchev–Trinajstić information content (AvgIpc) is 3.28. The number of nitrogens with zero attached hydrogens (tertiary/aromatic N) is 4. The van der Waals surface area contributed by atoms with E-state index in [2.05, 4.69) is 23.8 Å². The van der Waals surface area contributed by atoms with Crippen molar-refractivity contribution in [1.82, 2.24) is 19.6 Å². The number of rotatable bonds is 8. The lowest BCUT2D eigenvalue weighted by atomic mass is 9.96. The first kappa shape index (κ1) is 22.2. The second-order valence-electron chi connectivity index (χ2n) is 8.49. The molecule has 2 aliphatic heterocycles. The van der Waals surface area contributed by atoms with Crippen LogP contribution in [0.5, 0.6) is 0 Å². The van der Waals surface area contributed by atoms with Crippen molar-refractivity contribution < 1.29 is 9.59 Å². The van der Waals surface area contributed by atoms with E-state index in [1.807, 2.05) is 27.3 Å². The number of hydrogen-bond acceptors (Lipinski definition) is 5. The molecule has 0 N–H and O–H groups in total. The molecule has 0 radical (unpaired) electrons. The minimum Gasteiger partial charge on any atom is -0.338 e. The van der Waals surface area contributed by atoms with Crippen molar-refractivity contribution >= 4 is 23.2 Å². The van der Waals surface area contributed by atoms with Crippen LogP contribution in [0, 0.1) is 5.92 Å². The van der Waals surface area contributed by atoms with Crippen molar-refractivity contribution in [3.05, 3.63) is 22.4 Å². The Morgan fingerprint density at radius 1 is 1.10 bits per heavy atom. The fourth-order valence-electron chi connectivity index (χ4n) is 4.29. The number of unbranched alkanes of at least 4 members (excludes halogenated alkanes) is 1. The molecule has 0 atom stereocenters. The summed E-state index contributed by atoms with van der Waals surface area (Å²) in [4.78, 5) is 34.5.